The molecule has 1 aliphatic rings. The lowest BCUT2D eigenvalue weighted by molar-refractivity contribution is -0.305. The van der Waals surface area contributed by atoms with E-state index < -0.39 is 30.2 Å². The monoisotopic (exact) mass is 581 g/mol. The molecule has 222 valence electrons. The van der Waals surface area contributed by atoms with Crippen LogP contribution in [0.3, 0.4) is 0 Å². The largest absolute Gasteiger partial charge is 0.462 e. The van der Waals surface area contributed by atoms with Crippen LogP contribution in [0.1, 0.15) is 29.8 Å². The van der Waals surface area contributed by atoms with Crippen molar-refractivity contribution in [3.63, 3.8) is 0 Å². The fraction of sp³-hybridized carbons (Fsp3) is 0.286. The highest BCUT2D eigenvalue weighted by atomic mass is 16.7. The highest BCUT2D eigenvalue weighted by Gasteiger charge is 2.50. The smallest absolute Gasteiger partial charge is 0.252 e. The number of furan rings is 1. The zero-order chi connectivity index (χ0) is 30.1. The first-order chi connectivity index (χ1) is 20.8. The van der Waals surface area contributed by atoms with Crippen LogP contribution >= 0.6 is 0 Å². The quantitative estimate of drug-likeness (QED) is 0.223. The maximum Gasteiger partial charge on any atom is 0.252 e. The van der Waals surface area contributed by atoms with Crippen LogP contribution in [0.25, 0.3) is 33.1 Å². The lowest BCUT2D eigenvalue weighted by Gasteiger charge is -2.46. The van der Waals surface area contributed by atoms with E-state index in [1.54, 1.807) is 32.0 Å². The Morgan fingerprint density at radius 3 is 2.42 bits per heavy atom. The average Bonchev–Trinajstić information content (AvgIpc) is 3.39. The normalized spacial score (nSPS) is 21.6. The van der Waals surface area contributed by atoms with Gasteiger partial charge < -0.3 is 34.2 Å². The van der Waals surface area contributed by atoms with Gasteiger partial charge in [0.1, 0.15) is 35.2 Å². The van der Waals surface area contributed by atoms with E-state index in [0.717, 1.165) is 27.5 Å². The zero-order valence-electron chi connectivity index (χ0n) is 24.3. The van der Waals surface area contributed by atoms with Crippen molar-refractivity contribution < 1.29 is 33.6 Å². The van der Waals surface area contributed by atoms with E-state index in [4.69, 9.17) is 18.6 Å². The van der Waals surface area contributed by atoms with Gasteiger partial charge in [0.2, 0.25) is 6.29 Å². The lowest BCUT2D eigenvalue weighted by Crippen LogP contribution is -2.63. The summed E-state index contributed by atoms with van der Waals surface area (Å²) < 4.78 is 23.7. The second-order valence-electron chi connectivity index (χ2n) is 11.3. The molecule has 5 aromatic rings. The van der Waals surface area contributed by atoms with Gasteiger partial charge in [-0.2, -0.15) is 0 Å². The molecule has 43 heavy (non-hydrogen) atoms. The topological polar surface area (TPSA) is 110 Å². The molecule has 1 amide bonds. The fourth-order valence-corrected chi connectivity index (χ4v) is 5.88. The molecule has 0 spiro atoms. The molecule has 0 saturated carbocycles. The second-order valence-corrected chi connectivity index (χ2v) is 11.3. The van der Waals surface area contributed by atoms with Crippen molar-refractivity contribution in [3.05, 3.63) is 102 Å². The van der Waals surface area contributed by atoms with Crippen LogP contribution in [0.15, 0.2) is 95.4 Å². The minimum atomic E-state index is -1.37. The van der Waals surface area contributed by atoms with Crippen molar-refractivity contribution in [3.8, 4) is 16.9 Å². The summed E-state index contributed by atoms with van der Waals surface area (Å²) in [6.45, 7) is 3.95. The standard InChI is InChI=1S/C35H35NO7/c1-35(2)32(40-3)29(37)30(38)34(43-35)41-22-16-17-23(27(20-22)33(39)36-19-18-21-10-5-4-6-11-21)25-13-9-14-26-24-12-7-8-15-28(24)42-31(25)26/h4-17,20,29-30,32,34,37-38H,18-19H2,1-3H3,(H,36,39)/t29-,30+,32+,34-/m0/s1. The molecule has 1 saturated heterocycles. The average molecular weight is 582 g/mol. The highest BCUT2D eigenvalue weighted by molar-refractivity contribution is 6.12. The second kappa shape index (κ2) is 11.8. The van der Waals surface area contributed by atoms with Crippen LogP contribution in [0.5, 0.6) is 5.75 Å². The summed E-state index contributed by atoms with van der Waals surface area (Å²) in [4.78, 5) is 13.7. The fourth-order valence-electron chi connectivity index (χ4n) is 5.88. The molecular formula is C35H35NO7. The molecule has 4 atom stereocenters. The molecule has 0 aliphatic carbocycles. The number of rotatable bonds is 8. The number of amides is 1. The summed E-state index contributed by atoms with van der Waals surface area (Å²) in [7, 11) is 1.46. The number of carbonyl (C=O) groups excluding carboxylic acids is 1. The van der Waals surface area contributed by atoms with Crippen LogP contribution in [-0.2, 0) is 15.9 Å². The van der Waals surface area contributed by atoms with Crippen LogP contribution < -0.4 is 10.1 Å². The van der Waals surface area contributed by atoms with E-state index in [0.29, 0.717) is 35.4 Å². The molecule has 8 nitrogen and oxygen atoms in total. The zero-order valence-corrected chi connectivity index (χ0v) is 24.3. The predicted octanol–water partition coefficient (Wildman–Crippen LogP) is 5.48. The molecule has 1 aliphatic heterocycles. The Hall–Kier alpha value is -4.21. The van der Waals surface area contributed by atoms with E-state index >= 15 is 0 Å². The molecule has 3 N–H and O–H groups in total. The van der Waals surface area contributed by atoms with Gasteiger partial charge in [-0.1, -0.05) is 66.7 Å². The Kier molecular flexibility index (Phi) is 7.94. The molecule has 1 fully saturated rings. The van der Waals surface area contributed by atoms with Crippen molar-refractivity contribution >= 4 is 27.8 Å². The van der Waals surface area contributed by atoms with Gasteiger partial charge in [-0.3, -0.25) is 4.79 Å². The summed E-state index contributed by atoms with van der Waals surface area (Å²) in [5.41, 5.74) is 3.42. The van der Waals surface area contributed by atoms with Gasteiger partial charge in [0.05, 0.1) is 11.2 Å². The van der Waals surface area contributed by atoms with E-state index in [-0.39, 0.29) is 5.91 Å². The van der Waals surface area contributed by atoms with Gasteiger partial charge >= 0.3 is 0 Å². The van der Waals surface area contributed by atoms with Gasteiger partial charge in [0.25, 0.3) is 5.91 Å². The summed E-state index contributed by atoms with van der Waals surface area (Å²) >= 11 is 0. The number of aliphatic hydroxyl groups excluding tert-OH is 2. The lowest BCUT2D eigenvalue weighted by atomic mass is 9.89. The summed E-state index contributed by atoms with van der Waals surface area (Å²) in [6, 6.07) is 28.8. The molecular weight excluding hydrogens is 546 g/mol. The van der Waals surface area contributed by atoms with Gasteiger partial charge in [-0.25, -0.2) is 0 Å². The molecule has 6 rings (SSSR count). The van der Waals surface area contributed by atoms with Crippen molar-refractivity contribution in [1.82, 2.24) is 5.32 Å². The molecule has 4 aromatic carbocycles. The first-order valence-corrected chi connectivity index (χ1v) is 14.4. The number of aliphatic hydroxyl groups is 2. The van der Waals surface area contributed by atoms with E-state index in [2.05, 4.69) is 5.32 Å². The third kappa shape index (κ3) is 5.62. The summed E-state index contributed by atoms with van der Waals surface area (Å²) in [5.74, 6) is 0.0195. The van der Waals surface area contributed by atoms with E-state index in [9.17, 15) is 15.0 Å². The predicted molar refractivity (Wildman–Crippen MR) is 164 cm³/mol. The maximum absolute atomic E-state index is 13.7. The third-order valence-corrected chi connectivity index (χ3v) is 8.02. The number of ether oxygens (including phenoxy) is 3. The summed E-state index contributed by atoms with van der Waals surface area (Å²) in [5, 5.41) is 26.5. The Bertz CT molecular complexity index is 1750. The number of carbonyl (C=O) groups is 1. The number of benzene rings is 4. The van der Waals surface area contributed by atoms with Crippen molar-refractivity contribution in [2.24, 2.45) is 0 Å². The minimum Gasteiger partial charge on any atom is -0.462 e. The van der Waals surface area contributed by atoms with Crippen molar-refractivity contribution in [2.45, 2.75) is 50.5 Å². The number of nitrogens with one attached hydrogen (secondary N) is 1. The SMILES string of the molecule is CO[C@@H]1[C@@H](O)[C@@H](O)[C@@H](Oc2ccc(-c3cccc4c3oc3ccccc34)c(C(=O)NCCc3ccccc3)c2)OC1(C)C. The van der Waals surface area contributed by atoms with Gasteiger partial charge in [0.15, 0.2) is 0 Å². The van der Waals surface area contributed by atoms with Crippen molar-refractivity contribution in [2.75, 3.05) is 13.7 Å². The maximum atomic E-state index is 13.7. The van der Waals surface area contributed by atoms with Crippen LogP contribution in [0.4, 0.5) is 0 Å². The minimum absolute atomic E-state index is 0.283. The highest BCUT2D eigenvalue weighted by Crippen LogP contribution is 2.39. The Balaban J connectivity index is 1.36. The van der Waals surface area contributed by atoms with Crippen LogP contribution in [-0.4, -0.2) is 60.0 Å². The van der Waals surface area contributed by atoms with Gasteiger partial charge in [-0.05, 0) is 55.7 Å². The van der Waals surface area contributed by atoms with Gasteiger partial charge in [-0.15, -0.1) is 0 Å². The van der Waals surface area contributed by atoms with E-state index in [1.165, 1.54) is 7.11 Å². The molecule has 0 bridgehead atoms. The van der Waals surface area contributed by atoms with Crippen molar-refractivity contribution in [1.29, 1.82) is 0 Å². The number of methoxy groups -OCH3 is 1. The Labute approximate surface area is 249 Å². The Morgan fingerprint density at radius 2 is 1.63 bits per heavy atom. The molecule has 2 heterocycles. The van der Waals surface area contributed by atoms with Gasteiger partial charge in [0, 0.05) is 30.0 Å². The van der Waals surface area contributed by atoms with Crippen LogP contribution in [0.2, 0.25) is 0 Å². The first kappa shape index (κ1) is 28.9. The van der Waals surface area contributed by atoms with Crippen LogP contribution in [0, 0.1) is 0 Å². The molecule has 0 radical (unpaired) electrons. The third-order valence-electron chi connectivity index (χ3n) is 8.02. The molecule has 1 aromatic heterocycles. The molecule has 8 heteroatoms. The number of para-hydroxylation sites is 2. The first-order valence-electron chi connectivity index (χ1n) is 14.4. The number of hydrogen-bond acceptors (Lipinski definition) is 7. The van der Waals surface area contributed by atoms with E-state index in [1.807, 2.05) is 72.8 Å². The summed E-state index contributed by atoms with van der Waals surface area (Å²) in [6.07, 6.45) is -3.86. The number of fused-ring (bicyclic) bond motifs is 3. The number of hydrogen-bond donors (Lipinski definition) is 3. The Morgan fingerprint density at radius 1 is 0.884 bits per heavy atom. The molecule has 0 unspecified atom stereocenters.